The number of H-pyrrole nitrogens is 1. The van der Waals surface area contributed by atoms with Crippen LogP contribution in [-0.4, -0.2) is 40.5 Å². The van der Waals surface area contributed by atoms with E-state index in [9.17, 15) is 4.79 Å². The lowest BCUT2D eigenvalue weighted by Gasteiger charge is -2.15. The number of likely N-dealkylation sites (tertiary alicyclic amines) is 1. The van der Waals surface area contributed by atoms with Crippen LogP contribution in [0.15, 0.2) is 36.7 Å². The number of aryl methyl sites for hydroxylation is 1. The molecule has 0 saturated carbocycles. The second kappa shape index (κ2) is 7.97. The van der Waals surface area contributed by atoms with E-state index in [1.54, 1.807) is 6.20 Å². The topological polar surface area (TPSA) is 73.1 Å². The molecule has 1 aromatic heterocycles. The van der Waals surface area contributed by atoms with Gasteiger partial charge in [0.15, 0.2) is 0 Å². The van der Waals surface area contributed by atoms with Crippen molar-refractivity contribution in [2.24, 2.45) is 5.92 Å². The van der Waals surface area contributed by atoms with Crippen LogP contribution in [0.25, 0.3) is 0 Å². The summed E-state index contributed by atoms with van der Waals surface area (Å²) in [7, 11) is 0. The lowest BCUT2D eigenvalue weighted by atomic mass is 10.1. The van der Waals surface area contributed by atoms with E-state index >= 15 is 0 Å². The maximum absolute atomic E-state index is 11.9. The van der Waals surface area contributed by atoms with Crippen molar-refractivity contribution in [2.45, 2.75) is 26.4 Å². The summed E-state index contributed by atoms with van der Waals surface area (Å²) in [5.41, 5.74) is 2.33. The quantitative estimate of drug-likeness (QED) is 0.760. The summed E-state index contributed by atoms with van der Waals surface area (Å²) in [4.78, 5) is 21.7. The lowest BCUT2D eigenvalue weighted by molar-refractivity contribution is 0.238. The standard InChI is InChI=1S/C18H25N5O/c1-14-3-2-4-15(9-14)10-21-18(24)22-11-16-5-8-23(12-16)13-17-19-6-7-20-17/h2-4,6-7,9,16H,5,8,10-13H2,1H3,(H,19,20)(H2,21,22,24)/t16-/m0/s1. The van der Waals surface area contributed by atoms with Crippen LogP contribution in [-0.2, 0) is 13.1 Å². The predicted molar refractivity (Wildman–Crippen MR) is 93.4 cm³/mol. The molecule has 0 aliphatic carbocycles. The van der Waals surface area contributed by atoms with Crippen molar-refractivity contribution in [1.82, 2.24) is 25.5 Å². The third-order valence-corrected chi connectivity index (χ3v) is 4.39. The molecule has 1 aliphatic heterocycles. The van der Waals surface area contributed by atoms with Gasteiger partial charge in [0.2, 0.25) is 0 Å². The maximum Gasteiger partial charge on any atom is 0.315 e. The molecule has 0 unspecified atom stereocenters. The van der Waals surface area contributed by atoms with Crippen molar-refractivity contribution < 1.29 is 4.79 Å². The van der Waals surface area contributed by atoms with Crippen molar-refractivity contribution in [2.75, 3.05) is 19.6 Å². The van der Waals surface area contributed by atoms with Gasteiger partial charge >= 0.3 is 6.03 Å². The Labute approximate surface area is 142 Å². The fourth-order valence-corrected chi connectivity index (χ4v) is 3.12. The number of nitrogens with one attached hydrogen (secondary N) is 3. The Balaban J connectivity index is 1.34. The average molecular weight is 327 g/mol. The maximum atomic E-state index is 11.9. The third kappa shape index (κ3) is 4.83. The first-order valence-electron chi connectivity index (χ1n) is 8.47. The highest BCUT2D eigenvalue weighted by Gasteiger charge is 2.23. The van der Waals surface area contributed by atoms with E-state index in [-0.39, 0.29) is 6.03 Å². The number of carbonyl (C=O) groups excluding carboxylic acids is 1. The van der Waals surface area contributed by atoms with Crippen molar-refractivity contribution in [3.05, 3.63) is 53.6 Å². The molecule has 1 atom stereocenters. The molecule has 0 radical (unpaired) electrons. The summed E-state index contributed by atoms with van der Waals surface area (Å²) in [5.74, 6) is 1.50. The van der Waals surface area contributed by atoms with Gasteiger partial charge in [0.25, 0.3) is 0 Å². The number of rotatable bonds is 6. The van der Waals surface area contributed by atoms with Crippen LogP contribution in [0.3, 0.4) is 0 Å². The molecule has 2 aromatic rings. The summed E-state index contributed by atoms with van der Waals surface area (Å²) in [6.07, 6.45) is 4.74. The summed E-state index contributed by atoms with van der Waals surface area (Å²) in [6, 6.07) is 8.08. The molecule has 3 rings (SSSR count). The molecule has 1 fully saturated rings. The Kier molecular flexibility index (Phi) is 5.48. The van der Waals surface area contributed by atoms with Gasteiger partial charge in [0.1, 0.15) is 5.82 Å². The minimum absolute atomic E-state index is 0.0963. The van der Waals surface area contributed by atoms with E-state index in [1.165, 1.54) is 5.56 Å². The first kappa shape index (κ1) is 16.5. The number of aromatic amines is 1. The van der Waals surface area contributed by atoms with Crippen LogP contribution in [0.4, 0.5) is 4.79 Å². The van der Waals surface area contributed by atoms with Gasteiger partial charge in [-0.15, -0.1) is 0 Å². The second-order valence-corrected chi connectivity index (χ2v) is 6.48. The number of hydrogen-bond donors (Lipinski definition) is 3. The van der Waals surface area contributed by atoms with E-state index in [0.29, 0.717) is 19.0 Å². The number of urea groups is 1. The number of carbonyl (C=O) groups is 1. The molecule has 0 bridgehead atoms. The molecule has 2 heterocycles. The minimum atomic E-state index is -0.0963. The predicted octanol–water partition coefficient (Wildman–Crippen LogP) is 2.04. The molecule has 6 nitrogen and oxygen atoms in total. The van der Waals surface area contributed by atoms with Gasteiger partial charge in [0, 0.05) is 32.0 Å². The smallest absolute Gasteiger partial charge is 0.315 e. The Bertz CT molecular complexity index is 655. The SMILES string of the molecule is Cc1cccc(CNC(=O)NC[C@@H]2CCN(Cc3ncc[nH]3)C2)c1. The van der Waals surface area contributed by atoms with Gasteiger partial charge in [-0.05, 0) is 31.4 Å². The van der Waals surface area contributed by atoms with E-state index in [0.717, 1.165) is 37.4 Å². The largest absolute Gasteiger partial charge is 0.348 e. The summed E-state index contributed by atoms with van der Waals surface area (Å²) in [5, 5.41) is 5.91. The molecular weight excluding hydrogens is 302 g/mol. The Morgan fingerprint density at radius 2 is 2.33 bits per heavy atom. The average Bonchev–Trinajstić information content (AvgIpc) is 3.23. The van der Waals surface area contributed by atoms with Gasteiger partial charge in [0.05, 0.1) is 6.54 Å². The van der Waals surface area contributed by atoms with Crippen molar-refractivity contribution in [1.29, 1.82) is 0 Å². The molecule has 1 aromatic carbocycles. The highest BCUT2D eigenvalue weighted by atomic mass is 16.2. The number of aromatic nitrogens is 2. The van der Waals surface area contributed by atoms with Gasteiger partial charge < -0.3 is 15.6 Å². The number of imidazole rings is 1. The van der Waals surface area contributed by atoms with Crippen molar-refractivity contribution >= 4 is 6.03 Å². The fraction of sp³-hybridized carbons (Fsp3) is 0.444. The number of hydrogen-bond acceptors (Lipinski definition) is 3. The molecule has 128 valence electrons. The van der Waals surface area contributed by atoms with Crippen LogP contribution in [0.5, 0.6) is 0 Å². The third-order valence-electron chi connectivity index (χ3n) is 4.39. The van der Waals surface area contributed by atoms with Gasteiger partial charge in [-0.1, -0.05) is 29.8 Å². The zero-order valence-electron chi connectivity index (χ0n) is 14.1. The van der Waals surface area contributed by atoms with E-state index in [1.807, 2.05) is 18.3 Å². The van der Waals surface area contributed by atoms with Crippen molar-refractivity contribution in [3.63, 3.8) is 0 Å². The highest BCUT2D eigenvalue weighted by molar-refractivity contribution is 5.73. The minimum Gasteiger partial charge on any atom is -0.348 e. The van der Waals surface area contributed by atoms with E-state index in [2.05, 4.69) is 44.6 Å². The van der Waals surface area contributed by atoms with Crippen LogP contribution in [0.2, 0.25) is 0 Å². The Morgan fingerprint density at radius 1 is 1.42 bits per heavy atom. The summed E-state index contributed by atoms with van der Waals surface area (Å²) in [6.45, 7) is 6.23. The molecule has 1 saturated heterocycles. The summed E-state index contributed by atoms with van der Waals surface area (Å²) < 4.78 is 0. The molecule has 1 aliphatic rings. The van der Waals surface area contributed by atoms with Gasteiger partial charge in [-0.3, -0.25) is 4.90 Å². The van der Waals surface area contributed by atoms with Crippen LogP contribution in [0, 0.1) is 12.8 Å². The van der Waals surface area contributed by atoms with E-state index in [4.69, 9.17) is 0 Å². The molecule has 0 spiro atoms. The Morgan fingerprint density at radius 3 is 3.12 bits per heavy atom. The van der Waals surface area contributed by atoms with Crippen LogP contribution >= 0.6 is 0 Å². The first-order chi connectivity index (χ1) is 11.7. The molecule has 3 N–H and O–H groups in total. The second-order valence-electron chi connectivity index (χ2n) is 6.48. The number of amides is 2. The lowest BCUT2D eigenvalue weighted by Crippen LogP contribution is -2.38. The van der Waals surface area contributed by atoms with Gasteiger partial charge in [-0.25, -0.2) is 9.78 Å². The molecule has 6 heteroatoms. The molecule has 24 heavy (non-hydrogen) atoms. The van der Waals surface area contributed by atoms with Crippen molar-refractivity contribution in [3.8, 4) is 0 Å². The van der Waals surface area contributed by atoms with Crippen LogP contribution in [0.1, 0.15) is 23.4 Å². The number of nitrogens with zero attached hydrogens (tertiary/aromatic N) is 2. The Hall–Kier alpha value is -2.34. The normalized spacial score (nSPS) is 17.8. The van der Waals surface area contributed by atoms with E-state index < -0.39 is 0 Å². The molecular formula is C18H25N5O. The summed E-state index contributed by atoms with van der Waals surface area (Å²) >= 11 is 0. The van der Waals surface area contributed by atoms with Gasteiger partial charge in [-0.2, -0.15) is 0 Å². The zero-order chi connectivity index (χ0) is 16.8. The molecule has 2 amide bonds. The number of benzene rings is 1. The first-order valence-corrected chi connectivity index (χ1v) is 8.47. The fourth-order valence-electron chi connectivity index (χ4n) is 3.12. The monoisotopic (exact) mass is 327 g/mol. The van der Waals surface area contributed by atoms with Crippen LogP contribution < -0.4 is 10.6 Å². The highest BCUT2D eigenvalue weighted by Crippen LogP contribution is 2.16. The zero-order valence-corrected chi connectivity index (χ0v) is 14.1.